The molecule has 0 saturated carbocycles. The molecule has 1 N–H and O–H groups in total. The Balaban J connectivity index is 2.34. The van der Waals surface area contributed by atoms with Gasteiger partial charge in [0.1, 0.15) is 11.3 Å². The molecule has 1 aromatic heterocycles. The average Bonchev–Trinajstić information content (AvgIpc) is 2.56. The molecule has 0 aliphatic carbocycles. The number of unbranched alkanes of at least 4 members (excludes halogenated alkanes) is 3. The fraction of sp³-hybridized carbons (Fsp3) is 0.524. The summed E-state index contributed by atoms with van der Waals surface area (Å²) in [5, 5.41) is 3.67. The lowest BCUT2D eigenvalue weighted by molar-refractivity contribution is 0.0917. The van der Waals surface area contributed by atoms with Crippen molar-refractivity contribution >= 4 is 16.8 Å². The van der Waals surface area contributed by atoms with Gasteiger partial charge in [0.15, 0.2) is 0 Å². The molecule has 2 aromatic rings. The molecule has 0 aliphatic heterocycles. The van der Waals surface area contributed by atoms with E-state index in [1.165, 1.54) is 17.4 Å². The number of aryl methyl sites for hydroxylation is 1. The number of amides is 1. The van der Waals surface area contributed by atoms with Crippen LogP contribution in [0.3, 0.4) is 0 Å². The highest BCUT2D eigenvalue weighted by Crippen LogP contribution is 2.25. The number of rotatable bonds is 7. The molecule has 5 heteroatoms. The quantitative estimate of drug-likeness (QED) is 0.760. The second-order valence-corrected chi connectivity index (χ2v) is 7.73. The molecule has 0 unspecified atom stereocenters. The summed E-state index contributed by atoms with van der Waals surface area (Å²) in [6.45, 7) is 8.47. The minimum absolute atomic E-state index is 0.148. The minimum Gasteiger partial charge on any atom is -0.491 e. The molecule has 1 aromatic carbocycles. The van der Waals surface area contributed by atoms with Gasteiger partial charge in [-0.25, -0.2) is 0 Å². The van der Waals surface area contributed by atoms with Gasteiger partial charge in [-0.05, 0) is 39.3 Å². The highest BCUT2D eigenvalue weighted by Gasteiger charge is 2.20. The van der Waals surface area contributed by atoms with E-state index in [1.54, 1.807) is 13.1 Å². The van der Waals surface area contributed by atoms with Crippen LogP contribution >= 0.6 is 0 Å². The maximum absolute atomic E-state index is 12.7. The molecule has 0 saturated heterocycles. The maximum Gasteiger partial charge on any atom is 0.263 e. The highest BCUT2D eigenvalue weighted by molar-refractivity contribution is 5.98. The maximum atomic E-state index is 12.7. The van der Waals surface area contributed by atoms with Crippen LogP contribution in [0.15, 0.2) is 29.1 Å². The zero-order chi connectivity index (χ0) is 19.3. The third kappa shape index (κ3) is 4.87. The molecule has 0 spiro atoms. The molecule has 26 heavy (non-hydrogen) atoms. The number of carbonyl (C=O) groups excluding carboxylic acids is 1. The lowest BCUT2D eigenvalue weighted by Gasteiger charge is -2.21. The van der Waals surface area contributed by atoms with E-state index < -0.39 is 5.54 Å². The fourth-order valence-corrected chi connectivity index (χ4v) is 2.91. The van der Waals surface area contributed by atoms with Crippen molar-refractivity contribution in [3.63, 3.8) is 0 Å². The van der Waals surface area contributed by atoms with Crippen molar-refractivity contribution in [1.82, 2.24) is 9.88 Å². The Morgan fingerprint density at radius 1 is 1.19 bits per heavy atom. The number of ether oxygens (including phenoxy) is 1. The van der Waals surface area contributed by atoms with Gasteiger partial charge in [0.2, 0.25) is 0 Å². The molecule has 5 nitrogen and oxygen atoms in total. The van der Waals surface area contributed by atoms with Crippen molar-refractivity contribution in [3.05, 3.63) is 40.2 Å². The fourth-order valence-electron chi connectivity index (χ4n) is 2.91. The molecule has 0 radical (unpaired) electrons. The summed E-state index contributed by atoms with van der Waals surface area (Å²) in [4.78, 5) is 25.2. The van der Waals surface area contributed by atoms with Crippen LogP contribution in [-0.2, 0) is 7.05 Å². The number of carbonyl (C=O) groups is 1. The Morgan fingerprint density at radius 3 is 2.58 bits per heavy atom. The van der Waals surface area contributed by atoms with E-state index in [4.69, 9.17) is 4.74 Å². The van der Waals surface area contributed by atoms with Gasteiger partial charge in [0.05, 0.1) is 12.1 Å². The first-order chi connectivity index (χ1) is 12.2. The van der Waals surface area contributed by atoms with E-state index in [2.05, 4.69) is 12.2 Å². The van der Waals surface area contributed by atoms with E-state index in [-0.39, 0.29) is 17.0 Å². The molecular weight excluding hydrogens is 328 g/mol. The molecule has 0 aliphatic rings. The van der Waals surface area contributed by atoms with E-state index >= 15 is 0 Å². The smallest absolute Gasteiger partial charge is 0.263 e. The molecule has 1 heterocycles. The zero-order valence-corrected chi connectivity index (χ0v) is 16.5. The first-order valence-electron chi connectivity index (χ1n) is 9.32. The van der Waals surface area contributed by atoms with Crippen LogP contribution in [0, 0.1) is 0 Å². The molecule has 0 atom stereocenters. The highest BCUT2D eigenvalue weighted by atomic mass is 16.5. The third-order valence-electron chi connectivity index (χ3n) is 4.19. The number of hydrogen-bond acceptors (Lipinski definition) is 3. The van der Waals surface area contributed by atoms with Gasteiger partial charge < -0.3 is 14.6 Å². The predicted molar refractivity (Wildman–Crippen MR) is 106 cm³/mol. The number of fused-ring (bicyclic) bond motifs is 1. The van der Waals surface area contributed by atoms with E-state index in [0.717, 1.165) is 23.7 Å². The van der Waals surface area contributed by atoms with Gasteiger partial charge >= 0.3 is 0 Å². The van der Waals surface area contributed by atoms with Crippen molar-refractivity contribution in [1.29, 1.82) is 0 Å². The zero-order valence-electron chi connectivity index (χ0n) is 16.5. The Labute approximate surface area is 155 Å². The number of aromatic nitrogens is 1. The van der Waals surface area contributed by atoms with E-state index in [9.17, 15) is 9.59 Å². The molecule has 2 rings (SSSR count). The Kier molecular flexibility index (Phi) is 6.46. The van der Waals surface area contributed by atoms with Crippen LogP contribution in [0.1, 0.15) is 63.7 Å². The number of nitrogens with one attached hydrogen (secondary N) is 1. The van der Waals surface area contributed by atoms with Gasteiger partial charge in [-0.2, -0.15) is 0 Å². The van der Waals surface area contributed by atoms with Crippen molar-refractivity contribution in [3.8, 4) is 5.75 Å². The summed E-state index contributed by atoms with van der Waals surface area (Å²) < 4.78 is 7.43. The minimum atomic E-state index is -0.402. The largest absolute Gasteiger partial charge is 0.491 e. The van der Waals surface area contributed by atoms with Crippen molar-refractivity contribution in [2.24, 2.45) is 7.05 Å². The average molecular weight is 358 g/mol. The molecule has 1 amide bonds. The van der Waals surface area contributed by atoms with Crippen LogP contribution in [-0.4, -0.2) is 22.6 Å². The van der Waals surface area contributed by atoms with Gasteiger partial charge in [-0.15, -0.1) is 0 Å². The molecule has 142 valence electrons. The Bertz CT molecular complexity index is 831. The predicted octanol–water partition coefficient (Wildman–Crippen LogP) is 4.03. The molecule has 0 fully saturated rings. The summed E-state index contributed by atoms with van der Waals surface area (Å²) in [7, 11) is 1.68. The number of para-hydroxylation sites is 1. The molecular formula is C21H30N2O3. The van der Waals surface area contributed by atoms with Gasteiger partial charge in [-0.1, -0.05) is 38.3 Å². The molecule has 0 bridgehead atoms. The monoisotopic (exact) mass is 358 g/mol. The third-order valence-corrected chi connectivity index (χ3v) is 4.19. The van der Waals surface area contributed by atoms with E-state index in [1.807, 2.05) is 39.0 Å². The summed E-state index contributed by atoms with van der Waals surface area (Å²) in [6, 6.07) is 7.31. The van der Waals surface area contributed by atoms with Crippen LogP contribution in [0.4, 0.5) is 0 Å². The topological polar surface area (TPSA) is 60.3 Å². The summed E-state index contributed by atoms with van der Waals surface area (Å²) >= 11 is 0. The number of pyridine rings is 1. The van der Waals surface area contributed by atoms with Crippen molar-refractivity contribution in [2.45, 2.75) is 58.9 Å². The number of nitrogens with zero attached hydrogens (tertiary/aromatic N) is 1. The summed E-state index contributed by atoms with van der Waals surface area (Å²) in [6.07, 6.45) is 4.51. The van der Waals surface area contributed by atoms with Crippen LogP contribution in [0.2, 0.25) is 0 Å². The lowest BCUT2D eigenvalue weighted by Crippen LogP contribution is -2.43. The summed E-state index contributed by atoms with van der Waals surface area (Å²) in [5.41, 5.74) is 0.150. The first-order valence-corrected chi connectivity index (χ1v) is 9.32. The second kappa shape index (κ2) is 8.39. The Morgan fingerprint density at radius 2 is 1.92 bits per heavy atom. The Hall–Kier alpha value is -2.30. The van der Waals surface area contributed by atoms with Crippen molar-refractivity contribution < 1.29 is 9.53 Å². The van der Waals surface area contributed by atoms with Crippen LogP contribution < -0.4 is 15.6 Å². The lowest BCUT2D eigenvalue weighted by atomic mass is 10.1. The number of benzene rings is 1. The van der Waals surface area contributed by atoms with Gasteiger partial charge in [0.25, 0.3) is 11.5 Å². The van der Waals surface area contributed by atoms with Gasteiger partial charge in [-0.3, -0.25) is 9.59 Å². The van der Waals surface area contributed by atoms with Crippen LogP contribution in [0.25, 0.3) is 10.9 Å². The SMILES string of the molecule is CCCCCCOc1cccc2cc(C(=O)NC(C)(C)C)c(=O)n(C)c12. The second-order valence-electron chi connectivity index (χ2n) is 7.73. The van der Waals surface area contributed by atoms with E-state index in [0.29, 0.717) is 12.4 Å². The normalized spacial score (nSPS) is 11.6. The first kappa shape index (κ1) is 20.0. The van der Waals surface area contributed by atoms with Crippen LogP contribution in [0.5, 0.6) is 5.75 Å². The standard InChI is InChI=1S/C21H30N2O3/c1-6-7-8-9-13-26-17-12-10-11-15-14-16(19(24)22-21(2,3)4)20(25)23(5)18(15)17/h10-12,14H,6-9,13H2,1-5H3,(H,22,24). The summed E-state index contributed by atoms with van der Waals surface area (Å²) in [5.74, 6) is 0.326. The van der Waals surface area contributed by atoms with Gasteiger partial charge in [0, 0.05) is 18.0 Å². The van der Waals surface area contributed by atoms with Crippen molar-refractivity contribution in [2.75, 3.05) is 6.61 Å². The number of hydrogen-bond donors (Lipinski definition) is 1.